The highest BCUT2D eigenvalue weighted by Crippen LogP contribution is 2.34. The quantitative estimate of drug-likeness (QED) is 0.862. The minimum absolute atomic E-state index is 0.357. The van der Waals surface area contributed by atoms with Gasteiger partial charge in [0, 0.05) is 11.8 Å². The normalized spacial score (nSPS) is 16.3. The van der Waals surface area contributed by atoms with Gasteiger partial charge in [0.05, 0.1) is 23.3 Å². The number of nitrogens with zero attached hydrogens (tertiary/aromatic N) is 2. The van der Waals surface area contributed by atoms with Gasteiger partial charge in [-0.2, -0.15) is 0 Å². The number of carboxylic acids is 1. The summed E-state index contributed by atoms with van der Waals surface area (Å²) in [5.41, 5.74) is 3.03. The summed E-state index contributed by atoms with van der Waals surface area (Å²) in [5.74, 6) is -2.01. The van der Waals surface area contributed by atoms with Gasteiger partial charge in [-0.05, 0) is 30.7 Å². The minimum Gasteiger partial charge on any atom is -0.545 e. The molecule has 130 valence electrons. The maximum atomic E-state index is 12.1. The van der Waals surface area contributed by atoms with Crippen LogP contribution >= 0.6 is 0 Å². The second-order valence-electron chi connectivity index (χ2n) is 5.72. The number of carbonyl (C=O) groups is 2. The number of aliphatic carboxylic acids is 1. The Kier molecular flexibility index (Phi) is 5.03. The summed E-state index contributed by atoms with van der Waals surface area (Å²) in [6, 6.07) is 16.9. The van der Waals surface area contributed by atoms with Crippen LogP contribution in [0.3, 0.4) is 0 Å². The molecule has 26 heavy (non-hydrogen) atoms. The van der Waals surface area contributed by atoms with Crippen molar-refractivity contribution in [2.24, 2.45) is 9.98 Å². The van der Waals surface area contributed by atoms with Crippen molar-refractivity contribution in [1.82, 2.24) is 5.32 Å². The number of amides is 1. The summed E-state index contributed by atoms with van der Waals surface area (Å²) < 4.78 is 0. The number of hydrogen-bond donors (Lipinski definition) is 1. The highest BCUT2D eigenvalue weighted by atomic mass is 16.4. The van der Waals surface area contributed by atoms with E-state index in [0.717, 1.165) is 17.4 Å². The number of aliphatic imine (C=N–C) groups is 2. The maximum absolute atomic E-state index is 12.1. The highest BCUT2D eigenvalue weighted by Gasteiger charge is 2.25. The van der Waals surface area contributed by atoms with Crippen LogP contribution in [0.15, 0.2) is 76.7 Å². The average Bonchev–Trinajstić information content (AvgIpc) is 2.76. The number of fused-ring (bicyclic) bond motifs is 1. The first-order valence-corrected chi connectivity index (χ1v) is 8.02. The molecule has 0 spiro atoms. The van der Waals surface area contributed by atoms with Gasteiger partial charge in [-0.1, -0.05) is 42.5 Å². The highest BCUT2D eigenvalue weighted by molar-refractivity contribution is 6.18. The summed E-state index contributed by atoms with van der Waals surface area (Å²) >= 11 is 0. The lowest BCUT2D eigenvalue weighted by Gasteiger charge is -2.18. The van der Waals surface area contributed by atoms with Crippen molar-refractivity contribution in [3.05, 3.63) is 72.3 Å². The third-order valence-electron chi connectivity index (χ3n) is 3.87. The Bertz CT molecular complexity index is 930. The molecule has 0 aliphatic carbocycles. The first kappa shape index (κ1) is 17.3. The molecular formula is C20H16N3O3-. The van der Waals surface area contributed by atoms with Crippen molar-refractivity contribution in [2.45, 2.75) is 12.8 Å². The fourth-order valence-corrected chi connectivity index (χ4v) is 2.76. The van der Waals surface area contributed by atoms with Gasteiger partial charge in [0.25, 0.3) is 0 Å². The number of benzene rings is 2. The van der Waals surface area contributed by atoms with E-state index < -0.39 is 11.9 Å². The fraction of sp³-hybridized carbons (Fsp3) is 0.100. The number of rotatable bonds is 3. The molecule has 2 aromatic rings. The fourth-order valence-electron chi connectivity index (χ4n) is 2.76. The lowest BCUT2D eigenvalue weighted by Crippen LogP contribution is -2.36. The first-order chi connectivity index (χ1) is 12.5. The maximum Gasteiger partial charge on any atom is 0.249 e. The van der Waals surface area contributed by atoms with Crippen LogP contribution in [0.2, 0.25) is 0 Å². The molecule has 0 fully saturated rings. The van der Waals surface area contributed by atoms with Gasteiger partial charge in [-0.15, -0.1) is 0 Å². The molecular weight excluding hydrogens is 330 g/mol. The van der Waals surface area contributed by atoms with E-state index in [1.165, 1.54) is 0 Å². The Balaban J connectivity index is 2.06. The van der Waals surface area contributed by atoms with Crippen molar-refractivity contribution in [3.63, 3.8) is 0 Å². The molecule has 1 aliphatic heterocycles. The average molecular weight is 346 g/mol. The molecule has 1 atom stereocenters. The van der Waals surface area contributed by atoms with Crippen LogP contribution in [0.25, 0.3) is 0 Å². The van der Waals surface area contributed by atoms with Gasteiger partial charge in [0.2, 0.25) is 5.91 Å². The standard InChI is InChI=1S/C20H17N3O3/c1-13-19(14-7-3-2-4-8-14)20(23-17(24)11-12-18(25)26)22-16-10-6-5-9-15(16)21-13/h2-12,19H,1H3,(H,25,26)(H,22,23,24)/p-1/b12-11+/t19-/m1/s1. The molecule has 1 amide bonds. The van der Waals surface area contributed by atoms with Crippen LogP contribution < -0.4 is 10.4 Å². The van der Waals surface area contributed by atoms with Crippen LogP contribution in [0.5, 0.6) is 0 Å². The van der Waals surface area contributed by atoms with Gasteiger partial charge in [-0.3, -0.25) is 9.79 Å². The molecule has 0 saturated carbocycles. The molecule has 0 saturated heterocycles. The largest absolute Gasteiger partial charge is 0.545 e. The Labute approximate surface area is 150 Å². The van der Waals surface area contributed by atoms with E-state index in [4.69, 9.17) is 0 Å². The third kappa shape index (κ3) is 3.92. The van der Waals surface area contributed by atoms with Crippen LogP contribution in [0.1, 0.15) is 18.4 Å². The number of carbonyl (C=O) groups excluding carboxylic acids is 2. The molecule has 0 bridgehead atoms. The van der Waals surface area contributed by atoms with Gasteiger partial charge in [-0.25, -0.2) is 4.99 Å². The second-order valence-corrected chi connectivity index (χ2v) is 5.72. The molecule has 6 nitrogen and oxygen atoms in total. The van der Waals surface area contributed by atoms with Gasteiger partial charge in [0.1, 0.15) is 5.84 Å². The smallest absolute Gasteiger partial charge is 0.249 e. The Morgan fingerprint density at radius 1 is 0.962 bits per heavy atom. The van der Waals surface area contributed by atoms with Crippen molar-refractivity contribution < 1.29 is 14.7 Å². The first-order valence-electron chi connectivity index (χ1n) is 8.02. The van der Waals surface area contributed by atoms with Crippen LogP contribution in [0.4, 0.5) is 11.4 Å². The monoisotopic (exact) mass is 346 g/mol. The molecule has 0 aromatic heterocycles. The van der Waals surface area contributed by atoms with Gasteiger partial charge in [0.15, 0.2) is 0 Å². The Morgan fingerprint density at radius 3 is 2.23 bits per heavy atom. The number of hydrogen-bond acceptors (Lipinski definition) is 5. The Morgan fingerprint density at radius 2 is 1.58 bits per heavy atom. The molecule has 6 heteroatoms. The molecule has 1 N–H and O–H groups in total. The van der Waals surface area contributed by atoms with E-state index in [-0.39, 0.29) is 5.92 Å². The second kappa shape index (κ2) is 7.57. The predicted octanol–water partition coefficient (Wildman–Crippen LogP) is 2.03. The SMILES string of the molecule is CC1=Nc2ccccc2N=C(NC(=O)/C=C/C(=O)[O-])[C@H]1c1ccccc1. The van der Waals surface area contributed by atoms with Crippen molar-refractivity contribution in [1.29, 1.82) is 0 Å². The molecule has 0 radical (unpaired) electrons. The van der Waals surface area contributed by atoms with Crippen molar-refractivity contribution in [2.75, 3.05) is 0 Å². The van der Waals surface area contributed by atoms with E-state index in [1.807, 2.05) is 61.5 Å². The van der Waals surface area contributed by atoms with E-state index in [0.29, 0.717) is 23.3 Å². The lowest BCUT2D eigenvalue weighted by molar-refractivity contribution is -0.297. The van der Waals surface area contributed by atoms with E-state index >= 15 is 0 Å². The third-order valence-corrected chi connectivity index (χ3v) is 3.87. The van der Waals surface area contributed by atoms with Crippen LogP contribution in [-0.2, 0) is 9.59 Å². The zero-order valence-corrected chi connectivity index (χ0v) is 14.0. The Hall–Kier alpha value is -3.54. The van der Waals surface area contributed by atoms with Crippen molar-refractivity contribution in [3.8, 4) is 0 Å². The topological polar surface area (TPSA) is 94.0 Å². The van der Waals surface area contributed by atoms with Crippen LogP contribution in [0, 0.1) is 0 Å². The number of carboxylic acid groups (broad SMARTS) is 1. The molecule has 3 rings (SSSR count). The van der Waals surface area contributed by atoms with E-state index in [1.54, 1.807) is 0 Å². The molecule has 1 aliphatic rings. The van der Waals surface area contributed by atoms with Gasteiger partial charge >= 0.3 is 0 Å². The van der Waals surface area contributed by atoms with E-state index in [9.17, 15) is 14.7 Å². The molecule has 1 heterocycles. The molecule has 0 unspecified atom stereocenters. The zero-order valence-electron chi connectivity index (χ0n) is 14.0. The summed E-state index contributed by atoms with van der Waals surface area (Å²) in [7, 11) is 0. The number of para-hydroxylation sites is 2. The lowest BCUT2D eigenvalue weighted by atomic mass is 9.93. The van der Waals surface area contributed by atoms with Crippen LogP contribution in [-0.4, -0.2) is 23.4 Å². The predicted molar refractivity (Wildman–Crippen MR) is 97.8 cm³/mol. The number of nitrogens with one attached hydrogen (secondary N) is 1. The minimum atomic E-state index is -1.44. The molecule has 2 aromatic carbocycles. The summed E-state index contributed by atoms with van der Waals surface area (Å²) in [5, 5.41) is 13.2. The number of amidine groups is 1. The summed E-state index contributed by atoms with van der Waals surface area (Å²) in [6.07, 6.45) is 1.59. The van der Waals surface area contributed by atoms with Gasteiger partial charge < -0.3 is 15.2 Å². The van der Waals surface area contributed by atoms with E-state index in [2.05, 4.69) is 15.3 Å². The summed E-state index contributed by atoms with van der Waals surface area (Å²) in [4.78, 5) is 31.9. The summed E-state index contributed by atoms with van der Waals surface area (Å²) in [6.45, 7) is 1.87. The zero-order chi connectivity index (χ0) is 18.5. The van der Waals surface area contributed by atoms with Crippen molar-refractivity contribution >= 4 is 34.8 Å².